The Morgan fingerprint density at radius 1 is 1.10 bits per heavy atom. The average molecular weight is 267 g/mol. The second-order valence-corrected chi connectivity index (χ2v) is 5.55. The third kappa shape index (κ3) is 2.82. The molecule has 1 atom stereocenters. The largest absolute Gasteiger partial charge is 0.369 e. The van der Waals surface area contributed by atoms with Gasteiger partial charge in [-0.1, -0.05) is 37.3 Å². The van der Waals surface area contributed by atoms with Crippen molar-refractivity contribution in [1.29, 1.82) is 0 Å². The van der Waals surface area contributed by atoms with Crippen LogP contribution in [0.2, 0.25) is 0 Å². The Labute approximate surface area is 120 Å². The van der Waals surface area contributed by atoms with E-state index in [1.807, 2.05) is 0 Å². The minimum Gasteiger partial charge on any atom is -0.369 e. The SMILES string of the molecule is CC(CNc1ncnc2c1CCCC2)c1ccccc1. The number of rotatable bonds is 4. The molecule has 1 aromatic carbocycles. The van der Waals surface area contributed by atoms with Gasteiger partial charge in [0.1, 0.15) is 12.1 Å². The lowest BCUT2D eigenvalue weighted by Gasteiger charge is -2.19. The zero-order chi connectivity index (χ0) is 13.8. The van der Waals surface area contributed by atoms with Crippen LogP contribution in [0.3, 0.4) is 0 Å². The van der Waals surface area contributed by atoms with Gasteiger partial charge in [-0.3, -0.25) is 0 Å². The van der Waals surface area contributed by atoms with Gasteiger partial charge in [-0.2, -0.15) is 0 Å². The molecule has 2 aromatic rings. The average Bonchev–Trinajstić information content (AvgIpc) is 2.53. The first kappa shape index (κ1) is 13.1. The monoisotopic (exact) mass is 267 g/mol. The molecule has 1 N–H and O–H groups in total. The molecule has 0 saturated carbocycles. The van der Waals surface area contributed by atoms with E-state index < -0.39 is 0 Å². The highest BCUT2D eigenvalue weighted by atomic mass is 15.0. The van der Waals surface area contributed by atoms with Gasteiger partial charge in [0.25, 0.3) is 0 Å². The lowest BCUT2D eigenvalue weighted by Crippen LogP contribution is -2.15. The number of aryl methyl sites for hydroxylation is 1. The molecule has 0 spiro atoms. The zero-order valence-corrected chi connectivity index (χ0v) is 12.0. The maximum absolute atomic E-state index is 4.44. The van der Waals surface area contributed by atoms with Crippen LogP contribution in [0.25, 0.3) is 0 Å². The molecule has 1 heterocycles. The highest BCUT2D eigenvalue weighted by Gasteiger charge is 2.15. The van der Waals surface area contributed by atoms with Crippen molar-refractivity contribution in [3.8, 4) is 0 Å². The van der Waals surface area contributed by atoms with Gasteiger partial charge in [0.15, 0.2) is 0 Å². The number of hydrogen-bond acceptors (Lipinski definition) is 3. The Kier molecular flexibility index (Phi) is 3.95. The lowest BCUT2D eigenvalue weighted by atomic mass is 9.96. The maximum Gasteiger partial charge on any atom is 0.132 e. The minimum atomic E-state index is 0.477. The summed E-state index contributed by atoms with van der Waals surface area (Å²) in [6.45, 7) is 3.16. The van der Waals surface area contributed by atoms with Crippen LogP contribution < -0.4 is 5.32 Å². The van der Waals surface area contributed by atoms with Crippen LogP contribution in [0, 0.1) is 0 Å². The Hall–Kier alpha value is -1.90. The van der Waals surface area contributed by atoms with Crippen molar-refractivity contribution in [2.75, 3.05) is 11.9 Å². The van der Waals surface area contributed by atoms with Gasteiger partial charge in [-0.25, -0.2) is 9.97 Å². The summed E-state index contributed by atoms with van der Waals surface area (Å²) in [5, 5.41) is 3.52. The van der Waals surface area contributed by atoms with E-state index in [2.05, 4.69) is 52.5 Å². The topological polar surface area (TPSA) is 37.8 Å². The molecule has 3 rings (SSSR count). The van der Waals surface area contributed by atoms with Gasteiger partial charge in [-0.15, -0.1) is 0 Å². The standard InChI is InChI=1S/C17H21N3/c1-13(14-7-3-2-4-8-14)11-18-17-15-9-5-6-10-16(15)19-12-20-17/h2-4,7-8,12-13H,5-6,9-11H2,1H3,(H,18,19,20). The van der Waals surface area contributed by atoms with E-state index >= 15 is 0 Å². The maximum atomic E-state index is 4.44. The quantitative estimate of drug-likeness (QED) is 0.920. The molecular weight excluding hydrogens is 246 g/mol. The molecule has 20 heavy (non-hydrogen) atoms. The van der Waals surface area contributed by atoms with Crippen LogP contribution in [-0.2, 0) is 12.8 Å². The number of hydrogen-bond donors (Lipinski definition) is 1. The van der Waals surface area contributed by atoms with Crippen molar-refractivity contribution >= 4 is 5.82 Å². The Morgan fingerprint density at radius 3 is 2.75 bits per heavy atom. The first-order valence-corrected chi connectivity index (χ1v) is 7.46. The third-order valence-corrected chi connectivity index (χ3v) is 4.07. The predicted octanol–water partition coefficient (Wildman–Crippen LogP) is 3.57. The minimum absolute atomic E-state index is 0.477. The number of aromatic nitrogens is 2. The summed E-state index contributed by atoms with van der Waals surface area (Å²) >= 11 is 0. The van der Waals surface area contributed by atoms with Gasteiger partial charge in [0.05, 0.1) is 0 Å². The molecule has 0 radical (unpaired) electrons. The molecule has 0 aliphatic heterocycles. The van der Waals surface area contributed by atoms with Crippen LogP contribution in [0.1, 0.15) is 42.5 Å². The highest BCUT2D eigenvalue weighted by molar-refractivity contribution is 5.47. The molecule has 1 aliphatic carbocycles. The summed E-state index contributed by atoms with van der Waals surface area (Å²) in [5.41, 5.74) is 3.93. The molecule has 0 fully saturated rings. The van der Waals surface area contributed by atoms with Crippen molar-refractivity contribution in [1.82, 2.24) is 9.97 Å². The first-order chi connectivity index (χ1) is 9.84. The summed E-state index contributed by atoms with van der Waals surface area (Å²) in [5.74, 6) is 1.52. The third-order valence-electron chi connectivity index (χ3n) is 4.07. The van der Waals surface area contributed by atoms with Crippen molar-refractivity contribution in [2.24, 2.45) is 0 Å². The molecule has 1 aromatic heterocycles. The number of anilines is 1. The molecular formula is C17H21N3. The Balaban J connectivity index is 1.70. The zero-order valence-electron chi connectivity index (χ0n) is 12.0. The van der Waals surface area contributed by atoms with Crippen LogP contribution in [0.15, 0.2) is 36.7 Å². The predicted molar refractivity (Wildman–Crippen MR) is 82.0 cm³/mol. The van der Waals surface area contributed by atoms with Crippen LogP contribution in [-0.4, -0.2) is 16.5 Å². The van der Waals surface area contributed by atoms with Crippen molar-refractivity contribution in [3.05, 3.63) is 53.5 Å². The molecule has 0 saturated heterocycles. The summed E-state index contributed by atoms with van der Waals surface area (Å²) < 4.78 is 0. The summed E-state index contributed by atoms with van der Waals surface area (Å²) in [4.78, 5) is 8.85. The highest BCUT2D eigenvalue weighted by Crippen LogP contribution is 2.25. The van der Waals surface area contributed by atoms with Crippen LogP contribution in [0.4, 0.5) is 5.82 Å². The van der Waals surface area contributed by atoms with Crippen LogP contribution >= 0.6 is 0 Å². The van der Waals surface area contributed by atoms with Crippen molar-refractivity contribution in [3.63, 3.8) is 0 Å². The fourth-order valence-corrected chi connectivity index (χ4v) is 2.82. The Bertz CT molecular complexity index is 566. The fraction of sp³-hybridized carbons (Fsp3) is 0.412. The van der Waals surface area contributed by atoms with Gasteiger partial charge in [0.2, 0.25) is 0 Å². The van der Waals surface area contributed by atoms with Gasteiger partial charge < -0.3 is 5.32 Å². The van der Waals surface area contributed by atoms with E-state index in [1.165, 1.54) is 29.7 Å². The van der Waals surface area contributed by atoms with E-state index in [1.54, 1.807) is 6.33 Å². The second-order valence-electron chi connectivity index (χ2n) is 5.55. The van der Waals surface area contributed by atoms with E-state index in [9.17, 15) is 0 Å². The summed E-state index contributed by atoms with van der Waals surface area (Å²) in [6, 6.07) is 10.6. The van der Waals surface area contributed by atoms with Crippen LogP contribution in [0.5, 0.6) is 0 Å². The van der Waals surface area contributed by atoms with E-state index in [4.69, 9.17) is 0 Å². The summed E-state index contributed by atoms with van der Waals surface area (Å²) in [7, 11) is 0. The van der Waals surface area contributed by atoms with Gasteiger partial charge >= 0.3 is 0 Å². The normalized spacial score (nSPS) is 15.4. The molecule has 3 nitrogen and oxygen atoms in total. The summed E-state index contributed by atoms with van der Waals surface area (Å²) in [6.07, 6.45) is 6.41. The number of nitrogens with one attached hydrogen (secondary N) is 1. The number of fused-ring (bicyclic) bond motifs is 1. The number of nitrogens with zero attached hydrogens (tertiary/aromatic N) is 2. The van der Waals surface area contributed by atoms with Crippen molar-refractivity contribution < 1.29 is 0 Å². The lowest BCUT2D eigenvalue weighted by molar-refractivity contribution is 0.662. The van der Waals surface area contributed by atoms with Crippen molar-refractivity contribution in [2.45, 2.75) is 38.5 Å². The van der Waals surface area contributed by atoms with E-state index in [0.717, 1.165) is 25.2 Å². The molecule has 1 unspecified atom stereocenters. The molecule has 0 amide bonds. The number of benzene rings is 1. The molecule has 0 bridgehead atoms. The van der Waals surface area contributed by atoms with E-state index in [-0.39, 0.29) is 0 Å². The second kappa shape index (κ2) is 6.04. The molecule has 3 heteroatoms. The first-order valence-electron chi connectivity index (χ1n) is 7.46. The van der Waals surface area contributed by atoms with E-state index in [0.29, 0.717) is 5.92 Å². The molecule has 1 aliphatic rings. The molecule has 104 valence electrons. The van der Waals surface area contributed by atoms with Gasteiger partial charge in [-0.05, 0) is 37.2 Å². The fourth-order valence-electron chi connectivity index (χ4n) is 2.82. The smallest absolute Gasteiger partial charge is 0.132 e. The van der Waals surface area contributed by atoms with Gasteiger partial charge in [0, 0.05) is 17.8 Å². The Morgan fingerprint density at radius 2 is 1.90 bits per heavy atom.